The highest BCUT2D eigenvalue weighted by Crippen LogP contribution is 2.28. The smallest absolute Gasteiger partial charge is 0.186 e. The van der Waals surface area contributed by atoms with Crippen LogP contribution in [0.4, 0.5) is 5.13 Å². The van der Waals surface area contributed by atoms with Gasteiger partial charge in [0.1, 0.15) is 0 Å². The van der Waals surface area contributed by atoms with E-state index in [0.29, 0.717) is 17.7 Å². The van der Waals surface area contributed by atoms with Crippen molar-refractivity contribution in [3.05, 3.63) is 10.6 Å². The van der Waals surface area contributed by atoms with E-state index in [1.54, 1.807) is 0 Å². The molecule has 2 heterocycles. The number of nitrogens with zero attached hydrogens (tertiary/aromatic N) is 2. The van der Waals surface area contributed by atoms with Crippen LogP contribution in [-0.2, 0) is 16.3 Å². The lowest BCUT2D eigenvalue weighted by molar-refractivity contribution is 0.112. The number of aromatic nitrogens is 1. The van der Waals surface area contributed by atoms with Crippen molar-refractivity contribution in [1.29, 1.82) is 0 Å². The summed E-state index contributed by atoms with van der Waals surface area (Å²) in [5.74, 6) is 0.426. The molecule has 5 nitrogen and oxygen atoms in total. The number of hydrogen-bond acceptors (Lipinski definition) is 6. The first-order valence-corrected chi connectivity index (χ1v) is 8.48. The van der Waals surface area contributed by atoms with Crippen LogP contribution < -0.4 is 4.90 Å². The summed E-state index contributed by atoms with van der Waals surface area (Å²) in [7, 11) is -1.05. The van der Waals surface area contributed by atoms with Crippen molar-refractivity contribution in [2.45, 2.75) is 25.8 Å². The molecule has 7 heteroatoms. The molecule has 1 aromatic rings. The van der Waals surface area contributed by atoms with Crippen LogP contribution in [0.5, 0.6) is 0 Å². The summed E-state index contributed by atoms with van der Waals surface area (Å²) in [5.41, 5.74) is 0.790. The van der Waals surface area contributed by atoms with Crippen molar-refractivity contribution in [2.24, 2.45) is 0 Å². The van der Waals surface area contributed by atoms with Gasteiger partial charge >= 0.3 is 0 Å². The summed E-state index contributed by atoms with van der Waals surface area (Å²) in [6, 6.07) is -0.0228. The molecular formula is C11H16N2O3S2. The minimum absolute atomic E-state index is 0.0228. The Hall–Kier alpha value is -0.950. The average Bonchev–Trinajstić information content (AvgIpc) is 2.91. The van der Waals surface area contributed by atoms with Crippen LogP contribution in [0, 0.1) is 0 Å². The summed E-state index contributed by atoms with van der Waals surface area (Å²) in [5, 5.41) is 0.732. The first-order chi connectivity index (χ1) is 8.46. The van der Waals surface area contributed by atoms with Crippen LogP contribution >= 0.6 is 11.3 Å². The lowest BCUT2D eigenvalue weighted by Gasteiger charge is -2.22. The zero-order valence-corrected chi connectivity index (χ0v) is 12.1. The molecule has 18 heavy (non-hydrogen) atoms. The normalized spacial score (nSPS) is 22.0. The third-order valence-corrected chi connectivity index (χ3v) is 6.08. The highest BCUT2D eigenvalue weighted by atomic mass is 32.2. The molecule has 100 valence electrons. The molecule has 1 atom stereocenters. The van der Waals surface area contributed by atoms with Crippen LogP contribution in [-0.4, -0.2) is 44.3 Å². The molecular weight excluding hydrogens is 272 g/mol. The van der Waals surface area contributed by atoms with Gasteiger partial charge in [0.15, 0.2) is 21.3 Å². The van der Waals surface area contributed by atoms with E-state index in [-0.39, 0.29) is 17.5 Å². The number of aryl methyl sites for hydroxylation is 1. The fourth-order valence-electron chi connectivity index (χ4n) is 2.08. The fourth-order valence-corrected chi connectivity index (χ4v) is 4.86. The van der Waals surface area contributed by atoms with Crippen LogP contribution in [0.1, 0.15) is 28.7 Å². The third kappa shape index (κ3) is 2.56. The number of thiazole rings is 1. The molecule has 1 saturated heterocycles. The summed E-state index contributed by atoms with van der Waals surface area (Å²) in [6.07, 6.45) is 2.16. The fraction of sp³-hybridized carbons (Fsp3) is 0.636. The van der Waals surface area contributed by atoms with Gasteiger partial charge in [-0.15, -0.1) is 0 Å². The van der Waals surface area contributed by atoms with Gasteiger partial charge in [0, 0.05) is 13.1 Å². The van der Waals surface area contributed by atoms with E-state index in [9.17, 15) is 13.2 Å². The van der Waals surface area contributed by atoms with Gasteiger partial charge < -0.3 is 4.90 Å². The zero-order chi connectivity index (χ0) is 13.3. The Labute approximate surface area is 111 Å². The average molecular weight is 288 g/mol. The van der Waals surface area contributed by atoms with Gasteiger partial charge in [-0.05, 0) is 12.8 Å². The standard InChI is InChI=1S/C11H16N2O3S2/c1-3-9-10(6-14)17-11(12-9)13(2)8-4-5-18(15,16)7-8/h6,8H,3-5,7H2,1-2H3. The topological polar surface area (TPSA) is 67.3 Å². The van der Waals surface area contributed by atoms with E-state index in [2.05, 4.69) is 4.98 Å². The second kappa shape index (κ2) is 4.97. The van der Waals surface area contributed by atoms with E-state index in [1.165, 1.54) is 11.3 Å². The Morgan fingerprint density at radius 1 is 1.56 bits per heavy atom. The highest BCUT2D eigenvalue weighted by Gasteiger charge is 2.32. The van der Waals surface area contributed by atoms with Crippen molar-refractivity contribution in [2.75, 3.05) is 23.5 Å². The minimum atomic E-state index is -2.90. The summed E-state index contributed by atoms with van der Waals surface area (Å²) >= 11 is 1.33. The SMILES string of the molecule is CCc1nc(N(C)C2CCS(=O)(=O)C2)sc1C=O. The van der Waals surface area contributed by atoms with E-state index in [4.69, 9.17) is 0 Å². The maximum atomic E-state index is 11.5. The minimum Gasteiger partial charge on any atom is -0.347 e. The van der Waals surface area contributed by atoms with Crippen LogP contribution in [0.3, 0.4) is 0 Å². The second-order valence-corrected chi connectivity index (χ2v) is 7.68. The summed E-state index contributed by atoms with van der Waals surface area (Å²) in [6.45, 7) is 1.95. The predicted octanol–water partition coefficient (Wildman–Crippen LogP) is 1.14. The Morgan fingerprint density at radius 3 is 2.72 bits per heavy atom. The lowest BCUT2D eigenvalue weighted by Crippen LogP contribution is -2.32. The van der Waals surface area contributed by atoms with Gasteiger partial charge in [0.2, 0.25) is 0 Å². The monoisotopic (exact) mass is 288 g/mol. The van der Waals surface area contributed by atoms with Gasteiger partial charge in [-0.25, -0.2) is 13.4 Å². The number of anilines is 1. The number of carbonyl (C=O) groups excluding carboxylic acids is 1. The van der Waals surface area contributed by atoms with Gasteiger partial charge in [0.05, 0.1) is 22.1 Å². The predicted molar refractivity (Wildman–Crippen MR) is 72.3 cm³/mol. The maximum Gasteiger partial charge on any atom is 0.186 e. The number of sulfone groups is 1. The van der Waals surface area contributed by atoms with E-state index < -0.39 is 9.84 Å². The Morgan fingerprint density at radius 2 is 2.28 bits per heavy atom. The van der Waals surface area contributed by atoms with Crippen molar-refractivity contribution < 1.29 is 13.2 Å². The van der Waals surface area contributed by atoms with Gasteiger partial charge in [-0.1, -0.05) is 18.3 Å². The molecule has 1 aliphatic rings. The van der Waals surface area contributed by atoms with Crippen molar-refractivity contribution in [1.82, 2.24) is 4.98 Å². The molecule has 0 aromatic carbocycles. The van der Waals surface area contributed by atoms with Gasteiger partial charge in [-0.2, -0.15) is 0 Å². The molecule has 0 amide bonds. The van der Waals surface area contributed by atoms with Gasteiger partial charge in [0.25, 0.3) is 0 Å². The van der Waals surface area contributed by atoms with E-state index in [1.807, 2.05) is 18.9 Å². The number of aldehydes is 1. The molecule has 0 radical (unpaired) electrons. The van der Waals surface area contributed by atoms with Crippen LogP contribution in [0.25, 0.3) is 0 Å². The largest absolute Gasteiger partial charge is 0.347 e. The second-order valence-electron chi connectivity index (χ2n) is 4.45. The van der Waals surface area contributed by atoms with E-state index in [0.717, 1.165) is 17.1 Å². The van der Waals surface area contributed by atoms with E-state index >= 15 is 0 Å². The molecule has 0 aliphatic carbocycles. The lowest BCUT2D eigenvalue weighted by atomic mass is 10.2. The van der Waals surface area contributed by atoms with Crippen molar-refractivity contribution in [3.8, 4) is 0 Å². The molecule has 1 aliphatic heterocycles. The van der Waals surface area contributed by atoms with Gasteiger partial charge in [-0.3, -0.25) is 4.79 Å². The number of hydrogen-bond donors (Lipinski definition) is 0. The van der Waals surface area contributed by atoms with Crippen LogP contribution in [0.15, 0.2) is 0 Å². The molecule has 1 fully saturated rings. The maximum absolute atomic E-state index is 11.5. The Kier molecular flexibility index (Phi) is 3.72. The zero-order valence-electron chi connectivity index (χ0n) is 10.4. The quantitative estimate of drug-likeness (QED) is 0.777. The number of rotatable bonds is 4. The molecule has 0 bridgehead atoms. The first kappa shape index (κ1) is 13.5. The molecule has 0 N–H and O–H groups in total. The molecule has 0 saturated carbocycles. The van der Waals surface area contributed by atoms with Crippen molar-refractivity contribution in [3.63, 3.8) is 0 Å². The third-order valence-electron chi connectivity index (χ3n) is 3.22. The number of carbonyl (C=O) groups is 1. The van der Waals surface area contributed by atoms with Crippen LogP contribution in [0.2, 0.25) is 0 Å². The molecule has 1 unspecified atom stereocenters. The molecule has 0 spiro atoms. The Balaban J connectivity index is 2.21. The summed E-state index contributed by atoms with van der Waals surface area (Å²) < 4.78 is 22.9. The first-order valence-electron chi connectivity index (χ1n) is 5.85. The Bertz CT molecular complexity index is 551. The highest BCUT2D eigenvalue weighted by molar-refractivity contribution is 7.91. The molecule has 1 aromatic heterocycles. The molecule has 2 rings (SSSR count). The van der Waals surface area contributed by atoms with Crippen molar-refractivity contribution >= 4 is 32.6 Å². The summed E-state index contributed by atoms with van der Waals surface area (Å²) in [4.78, 5) is 17.8.